The zero-order chi connectivity index (χ0) is 10.4. The van der Waals surface area contributed by atoms with E-state index >= 15 is 0 Å². The average molecular weight is 213 g/mol. The first-order valence-electron chi connectivity index (χ1n) is 4.08. The molecular weight excluding hydrogens is 202 g/mol. The number of aliphatic carboxylic acids is 1. The van der Waals surface area contributed by atoms with Crippen LogP contribution in [0, 0.1) is 0 Å². The van der Waals surface area contributed by atoms with Gasteiger partial charge < -0.3 is 10.8 Å². The highest BCUT2D eigenvalue weighted by atomic mass is 32.2. The van der Waals surface area contributed by atoms with Gasteiger partial charge in [0.05, 0.1) is 0 Å². The number of thioether (sulfide) groups is 1. The van der Waals surface area contributed by atoms with E-state index in [-0.39, 0.29) is 0 Å². The molecular formula is C8H11N3O2S. The van der Waals surface area contributed by atoms with E-state index < -0.39 is 12.0 Å². The van der Waals surface area contributed by atoms with Gasteiger partial charge in [0.2, 0.25) is 0 Å². The Morgan fingerprint density at radius 3 is 2.79 bits per heavy atom. The van der Waals surface area contributed by atoms with Crippen LogP contribution < -0.4 is 5.73 Å². The minimum Gasteiger partial charge on any atom is -0.480 e. The lowest BCUT2D eigenvalue weighted by Gasteiger charge is -2.04. The van der Waals surface area contributed by atoms with Crippen LogP contribution in [0.5, 0.6) is 0 Å². The van der Waals surface area contributed by atoms with E-state index in [0.29, 0.717) is 17.3 Å². The van der Waals surface area contributed by atoms with Gasteiger partial charge in [0, 0.05) is 18.1 Å². The van der Waals surface area contributed by atoms with Gasteiger partial charge in [0.15, 0.2) is 5.16 Å². The minimum absolute atomic E-state index is 0.415. The summed E-state index contributed by atoms with van der Waals surface area (Å²) in [7, 11) is 0. The molecule has 1 rings (SSSR count). The average Bonchev–Trinajstić information content (AvgIpc) is 2.19. The number of aromatic nitrogens is 2. The van der Waals surface area contributed by atoms with Crippen molar-refractivity contribution in [1.82, 2.24) is 9.97 Å². The third kappa shape index (κ3) is 3.71. The molecule has 0 aliphatic carbocycles. The molecule has 0 aliphatic rings. The van der Waals surface area contributed by atoms with E-state index in [9.17, 15) is 4.79 Å². The zero-order valence-corrected chi connectivity index (χ0v) is 8.28. The fourth-order valence-electron chi connectivity index (χ4n) is 0.761. The third-order valence-electron chi connectivity index (χ3n) is 1.52. The molecule has 1 unspecified atom stereocenters. The molecule has 14 heavy (non-hydrogen) atoms. The number of carbonyl (C=O) groups is 1. The highest BCUT2D eigenvalue weighted by Crippen LogP contribution is 2.12. The normalized spacial score (nSPS) is 12.4. The number of nitrogens with zero attached hydrogens (tertiary/aromatic N) is 2. The second kappa shape index (κ2) is 5.56. The second-order valence-corrected chi connectivity index (χ2v) is 3.68. The molecule has 1 atom stereocenters. The Bertz CT molecular complexity index is 294. The Labute approximate surface area is 85.7 Å². The van der Waals surface area contributed by atoms with Gasteiger partial charge in [-0.15, -0.1) is 0 Å². The SMILES string of the molecule is NC(CCSc1ncccn1)C(=O)O. The molecule has 76 valence electrons. The third-order valence-corrected chi connectivity index (χ3v) is 2.43. The Hall–Kier alpha value is -1.14. The fourth-order valence-corrected chi connectivity index (χ4v) is 1.59. The first-order chi connectivity index (χ1) is 6.70. The smallest absolute Gasteiger partial charge is 0.320 e. The number of rotatable bonds is 5. The van der Waals surface area contributed by atoms with Crippen LogP contribution >= 0.6 is 11.8 Å². The molecule has 0 aliphatic heterocycles. The van der Waals surface area contributed by atoms with Gasteiger partial charge in [-0.1, -0.05) is 11.8 Å². The lowest BCUT2D eigenvalue weighted by molar-refractivity contribution is -0.138. The number of carboxylic acid groups (broad SMARTS) is 1. The molecule has 0 aromatic carbocycles. The van der Waals surface area contributed by atoms with E-state index in [1.54, 1.807) is 18.5 Å². The molecule has 0 saturated carbocycles. The summed E-state index contributed by atoms with van der Waals surface area (Å²) in [4.78, 5) is 18.3. The van der Waals surface area contributed by atoms with E-state index in [1.165, 1.54) is 11.8 Å². The fraction of sp³-hybridized carbons (Fsp3) is 0.375. The van der Waals surface area contributed by atoms with Crippen LogP contribution in [0.3, 0.4) is 0 Å². The summed E-state index contributed by atoms with van der Waals surface area (Å²) in [5, 5.41) is 9.16. The van der Waals surface area contributed by atoms with E-state index in [4.69, 9.17) is 10.8 Å². The molecule has 0 radical (unpaired) electrons. The second-order valence-electron chi connectivity index (χ2n) is 2.61. The zero-order valence-electron chi connectivity index (χ0n) is 7.46. The van der Waals surface area contributed by atoms with Crippen molar-refractivity contribution in [2.24, 2.45) is 5.73 Å². The summed E-state index contributed by atoms with van der Waals surface area (Å²) in [5.41, 5.74) is 5.33. The van der Waals surface area contributed by atoms with E-state index in [2.05, 4.69) is 9.97 Å². The molecule has 5 nitrogen and oxygen atoms in total. The van der Waals surface area contributed by atoms with Crippen molar-refractivity contribution in [3.05, 3.63) is 18.5 Å². The maximum Gasteiger partial charge on any atom is 0.320 e. The van der Waals surface area contributed by atoms with Crippen LogP contribution in [-0.2, 0) is 4.79 Å². The number of nitrogens with two attached hydrogens (primary N) is 1. The van der Waals surface area contributed by atoms with Crippen LogP contribution in [0.4, 0.5) is 0 Å². The topological polar surface area (TPSA) is 89.1 Å². The van der Waals surface area contributed by atoms with Gasteiger partial charge in [-0.25, -0.2) is 9.97 Å². The highest BCUT2D eigenvalue weighted by Gasteiger charge is 2.10. The van der Waals surface area contributed by atoms with Gasteiger partial charge in [-0.05, 0) is 12.5 Å². The van der Waals surface area contributed by atoms with Gasteiger partial charge in [-0.2, -0.15) is 0 Å². The Morgan fingerprint density at radius 2 is 2.21 bits per heavy atom. The molecule has 3 N–H and O–H groups in total. The molecule has 1 aromatic heterocycles. The van der Waals surface area contributed by atoms with Crippen molar-refractivity contribution in [1.29, 1.82) is 0 Å². The van der Waals surface area contributed by atoms with Crippen molar-refractivity contribution in [2.75, 3.05) is 5.75 Å². The predicted octanol–water partition coefficient (Wildman–Crippen LogP) is 0.371. The Balaban J connectivity index is 2.26. The summed E-state index contributed by atoms with van der Waals surface area (Å²) in [6, 6.07) is 0.929. The highest BCUT2D eigenvalue weighted by molar-refractivity contribution is 7.99. The summed E-state index contributed by atoms with van der Waals surface area (Å²) in [6.45, 7) is 0. The lowest BCUT2D eigenvalue weighted by Crippen LogP contribution is -2.30. The molecule has 0 amide bonds. The largest absolute Gasteiger partial charge is 0.480 e. The number of hydrogen-bond donors (Lipinski definition) is 2. The first-order valence-corrected chi connectivity index (χ1v) is 5.07. The number of hydrogen-bond acceptors (Lipinski definition) is 5. The minimum atomic E-state index is -0.973. The Morgan fingerprint density at radius 1 is 1.57 bits per heavy atom. The quantitative estimate of drug-likeness (QED) is 0.542. The van der Waals surface area contributed by atoms with Gasteiger partial charge in [0.25, 0.3) is 0 Å². The van der Waals surface area contributed by atoms with Gasteiger partial charge in [-0.3, -0.25) is 4.79 Å². The van der Waals surface area contributed by atoms with Crippen molar-refractivity contribution in [3.63, 3.8) is 0 Å². The molecule has 1 heterocycles. The molecule has 6 heteroatoms. The van der Waals surface area contributed by atoms with Gasteiger partial charge >= 0.3 is 5.97 Å². The predicted molar refractivity (Wildman–Crippen MR) is 53.0 cm³/mol. The molecule has 0 bridgehead atoms. The van der Waals surface area contributed by atoms with Crippen molar-refractivity contribution >= 4 is 17.7 Å². The maximum absolute atomic E-state index is 10.4. The van der Waals surface area contributed by atoms with Crippen molar-refractivity contribution < 1.29 is 9.90 Å². The summed E-state index contributed by atoms with van der Waals surface area (Å²) >= 11 is 1.40. The summed E-state index contributed by atoms with van der Waals surface area (Å²) < 4.78 is 0. The van der Waals surface area contributed by atoms with Gasteiger partial charge in [0.1, 0.15) is 6.04 Å². The van der Waals surface area contributed by atoms with Crippen LogP contribution in [0.25, 0.3) is 0 Å². The molecule has 0 fully saturated rings. The first kappa shape index (κ1) is 10.9. The molecule has 1 aromatic rings. The van der Waals surface area contributed by atoms with Crippen LogP contribution in [-0.4, -0.2) is 32.8 Å². The number of carboxylic acids is 1. The molecule has 0 spiro atoms. The van der Waals surface area contributed by atoms with Crippen molar-refractivity contribution in [3.8, 4) is 0 Å². The Kier molecular flexibility index (Phi) is 4.34. The van der Waals surface area contributed by atoms with Crippen molar-refractivity contribution in [2.45, 2.75) is 17.6 Å². The molecule has 0 saturated heterocycles. The standard InChI is InChI=1S/C8H11N3O2S/c9-6(7(12)13)2-5-14-8-10-3-1-4-11-8/h1,3-4,6H,2,5,9H2,(H,12,13). The van der Waals surface area contributed by atoms with Crippen LogP contribution in [0.1, 0.15) is 6.42 Å². The summed E-state index contributed by atoms with van der Waals surface area (Å²) in [6.07, 6.45) is 3.71. The monoisotopic (exact) mass is 213 g/mol. The lowest BCUT2D eigenvalue weighted by atomic mass is 10.2. The van der Waals surface area contributed by atoms with Crippen LogP contribution in [0.2, 0.25) is 0 Å². The van der Waals surface area contributed by atoms with Crippen LogP contribution in [0.15, 0.2) is 23.6 Å². The van der Waals surface area contributed by atoms with E-state index in [0.717, 1.165) is 0 Å². The maximum atomic E-state index is 10.4. The van der Waals surface area contributed by atoms with E-state index in [1.807, 2.05) is 0 Å². The summed E-state index contributed by atoms with van der Waals surface area (Å²) in [5.74, 6) is -0.364.